The van der Waals surface area contributed by atoms with Gasteiger partial charge >= 0.3 is 0 Å². The smallest absolute Gasteiger partial charge is 0.168 e. The third-order valence-electron chi connectivity index (χ3n) is 5.72. The van der Waals surface area contributed by atoms with Crippen molar-refractivity contribution < 1.29 is 13.9 Å². The van der Waals surface area contributed by atoms with E-state index in [1.54, 1.807) is 6.26 Å². The molecule has 4 nitrogen and oxygen atoms in total. The predicted octanol–water partition coefficient (Wildman–Crippen LogP) is 4.45. The molecule has 1 atom stereocenters. The SMILES string of the molecule is CN(CCC1COC2(CCC(C(C)(C)C)CC2)O1)Cc1ccco1. The molecule has 2 fully saturated rings. The molecule has 24 heavy (non-hydrogen) atoms. The van der Waals surface area contributed by atoms with Crippen molar-refractivity contribution in [2.75, 3.05) is 20.2 Å². The van der Waals surface area contributed by atoms with Gasteiger partial charge in [0.15, 0.2) is 5.79 Å². The second-order valence-electron chi connectivity index (χ2n) is 8.71. The Kier molecular flexibility index (Phi) is 5.38. The Balaban J connectivity index is 1.41. The minimum Gasteiger partial charge on any atom is -0.468 e. The van der Waals surface area contributed by atoms with Gasteiger partial charge in [0, 0.05) is 19.4 Å². The molecule has 0 radical (unpaired) electrons. The number of furan rings is 1. The van der Waals surface area contributed by atoms with Gasteiger partial charge in [0.25, 0.3) is 0 Å². The largest absolute Gasteiger partial charge is 0.468 e. The van der Waals surface area contributed by atoms with Gasteiger partial charge in [-0.05, 0) is 49.8 Å². The van der Waals surface area contributed by atoms with Crippen LogP contribution >= 0.6 is 0 Å². The lowest BCUT2D eigenvalue weighted by molar-refractivity contribution is -0.197. The number of rotatable bonds is 5. The van der Waals surface area contributed by atoms with E-state index in [1.807, 2.05) is 12.1 Å². The fraction of sp³-hybridized carbons (Fsp3) is 0.800. The average molecular weight is 335 g/mol. The van der Waals surface area contributed by atoms with E-state index in [4.69, 9.17) is 13.9 Å². The van der Waals surface area contributed by atoms with Crippen molar-refractivity contribution in [3.63, 3.8) is 0 Å². The molecular formula is C20H33NO3. The zero-order valence-corrected chi connectivity index (χ0v) is 15.7. The number of ether oxygens (including phenoxy) is 2. The summed E-state index contributed by atoms with van der Waals surface area (Å²) in [6.07, 6.45) is 7.51. The molecule has 0 amide bonds. The monoisotopic (exact) mass is 335 g/mol. The van der Waals surface area contributed by atoms with Gasteiger partial charge < -0.3 is 13.9 Å². The highest BCUT2D eigenvalue weighted by Crippen LogP contribution is 2.45. The molecular weight excluding hydrogens is 302 g/mol. The van der Waals surface area contributed by atoms with E-state index in [-0.39, 0.29) is 11.9 Å². The van der Waals surface area contributed by atoms with E-state index in [9.17, 15) is 0 Å². The lowest BCUT2D eigenvalue weighted by atomic mass is 9.71. The quantitative estimate of drug-likeness (QED) is 0.796. The molecule has 2 heterocycles. The van der Waals surface area contributed by atoms with E-state index in [2.05, 4.69) is 32.7 Å². The first-order chi connectivity index (χ1) is 11.4. The maximum atomic E-state index is 6.36. The maximum absolute atomic E-state index is 6.36. The molecule has 1 aromatic heterocycles. The summed E-state index contributed by atoms with van der Waals surface area (Å²) in [6.45, 7) is 9.64. The summed E-state index contributed by atoms with van der Waals surface area (Å²) in [6, 6.07) is 3.96. The minimum absolute atomic E-state index is 0.232. The van der Waals surface area contributed by atoms with Crippen LogP contribution in [0, 0.1) is 11.3 Å². The number of hydrogen-bond donors (Lipinski definition) is 0. The summed E-state index contributed by atoms with van der Waals surface area (Å²) in [5.41, 5.74) is 0.397. The first kappa shape index (κ1) is 18.0. The van der Waals surface area contributed by atoms with Crippen LogP contribution in [0.3, 0.4) is 0 Å². The first-order valence-corrected chi connectivity index (χ1v) is 9.39. The van der Waals surface area contributed by atoms with Crippen molar-refractivity contribution in [1.82, 2.24) is 4.90 Å². The lowest BCUT2D eigenvalue weighted by Gasteiger charge is -2.41. The first-order valence-electron chi connectivity index (χ1n) is 9.39. The summed E-state index contributed by atoms with van der Waals surface area (Å²) in [7, 11) is 2.13. The van der Waals surface area contributed by atoms with Crippen LogP contribution in [0.5, 0.6) is 0 Å². The van der Waals surface area contributed by atoms with E-state index in [0.717, 1.165) is 50.6 Å². The number of hydrogen-bond acceptors (Lipinski definition) is 4. The highest BCUT2D eigenvalue weighted by molar-refractivity contribution is 4.97. The average Bonchev–Trinajstić information content (AvgIpc) is 3.15. The van der Waals surface area contributed by atoms with Crippen LogP contribution in [0.25, 0.3) is 0 Å². The van der Waals surface area contributed by atoms with Gasteiger partial charge in [-0.15, -0.1) is 0 Å². The molecule has 1 saturated heterocycles. The molecule has 1 aromatic rings. The highest BCUT2D eigenvalue weighted by atomic mass is 16.7. The van der Waals surface area contributed by atoms with Gasteiger partial charge in [-0.2, -0.15) is 0 Å². The van der Waals surface area contributed by atoms with Crippen molar-refractivity contribution in [2.24, 2.45) is 11.3 Å². The Morgan fingerprint density at radius 2 is 2.00 bits per heavy atom. The second kappa shape index (κ2) is 7.19. The predicted molar refractivity (Wildman–Crippen MR) is 94.6 cm³/mol. The van der Waals surface area contributed by atoms with Crippen molar-refractivity contribution in [3.05, 3.63) is 24.2 Å². The summed E-state index contributed by atoms with van der Waals surface area (Å²) in [5.74, 6) is 1.51. The molecule has 1 aliphatic carbocycles. The topological polar surface area (TPSA) is 34.8 Å². The minimum atomic E-state index is -0.286. The van der Waals surface area contributed by atoms with Crippen molar-refractivity contribution >= 4 is 0 Å². The summed E-state index contributed by atoms with van der Waals surface area (Å²) in [5, 5.41) is 0. The zero-order chi connectivity index (χ0) is 17.2. The highest BCUT2D eigenvalue weighted by Gasteiger charge is 2.45. The summed E-state index contributed by atoms with van der Waals surface area (Å²) < 4.78 is 17.9. The van der Waals surface area contributed by atoms with Gasteiger partial charge in [-0.1, -0.05) is 20.8 Å². The molecule has 3 rings (SSSR count). The molecule has 4 heteroatoms. The Hall–Kier alpha value is -0.840. The molecule has 1 aliphatic heterocycles. The van der Waals surface area contributed by atoms with Crippen molar-refractivity contribution in [2.45, 2.75) is 71.3 Å². The molecule has 1 unspecified atom stereocenters. The molecule has 0 aromatic carbocycles. The zero-order valence-electron chi connectivity index (χ0n) is 15.7. The Morgan fingerprint density at radius 1 is 1.25 bits per heavy atom. The molecule has 2 aliphatic rings. The summed E-state index contributed by atoms with van der Waals surface area (Å²) >= 11 is 0. The van der Waals surface area contributed by atoms with E-state index >= 15 is 0 Å². The maximum Gasteiger partial charge on any atom is 0.168 e. The fourth-order valence-electron chi connectivity index (χ4n) is 4.06. The molecule has 0 N–H and O–H groups in total. The Morgan fingerprint density at radius 3 is 2.62 bits per heavy atom. The van der Waals surface area contributed by atoms with Crippen LogP contribution in [0.1, 0.15) is 58.6 Å². The Labute approximate surface area is 146 Å². The van der Waals surface area contributed by atoms with Crippen molar-refractivity contribution in [1.29, 1.82) is 0 Å². The van der Waals surface area contributed by atoms with Crippen LogP contribution in [0.4, 0.5) is 0 Å². The van der Waals surface area contributed by atoms with Crippen LogP contribution < -0.4 is 0 Å². The second-order valence-corrected chi connectivity index (χ2v) is 8.71. The standard InChI is InChI=1S/C20H33NO3/c1-19(2,3)16-7-10-20(11-8-16)23-15-18(24-20)9-12-21(4)14-17-6-5-13-22-17/h5-6,13,16,18H,7-12,14-15H2,1-4H3. The van der Waals surface area contributed by atoms with E-state index in [0.29, 0.717) is 5.41 Å². The third kappa shape index (κ3) is 4.41. The number of nitrogens with zero attached hydrogens (tertiary/aromatic N) is 1. The van der Waals surface area contributed by atoms with Crippen LogP contribution in [-0.2, 0) is 16.0 Å². The van der Waals surface area contributed by atoms with Gasteiger partial charge in [0.2, 0.25) is 0 Å². The molecule has 0 bridgehead atoms. The van der Waals surface area contributed by atoms with Crippen LogP contribution in [0.2, 0.25) is 0 Å². The van der Waals surface area contributed by atoms with E-state index in [1.165, 1.54) is 12.8 Å². The fourth-order valence-corrected chi connectivity index (χ4v) is 4.06. The van der Waals surface area contributed by atoms with Gasteiger partial charge in [0.1, 0.15) is 5.76 Å². The van der Waals surface area contributed by atoms with Gasteiger partial charge in [0.05, 0.1) is 25.5 Å². The molecule has 136 valence electrons. The van der Waals surface area contributed by atoms with Crippen LogP contribution in [0.15, 0.2) is 22.8 Å². The van der Waals surface area contributed by atoms with Crippen molar-refractivity contribution in [3.8, 4) is 0 Å². The molecule has 1 saturated carbocycles. The van der Waals surface area contributed by atoms with E-state index < -0.39 is 0 Å². The third-order valence-corrected chi connectivity index (χ3v) is 5.72. The van der Waals surface area contributed by atoms with Gasteiger partial charge in [-0.25, -0.2) is 0 Å². The van der Waals surface area contributed by atoms with Gasteiger partial charge in [-0.3, -0.25) is 4.90 Å². The lowest BCUT2D eigenvalue weighted by Crippen LogP contribution is -2.39. The Bertz CT molecular complexity index is 497. The molecule has 1 spiro atoms. The normalized spacial score (nSPS) is 31.2. The summed E-state index contributed by atoms with van der Waals surface area (Å²) in [4.78, 5) is 2.28. The van der Waals surface area contributed by atoms with Crippen LogP contribution in [-0.4, -0.2) is 37.0 Å².